The van der Waals surface area contributed by atoms with Crippen molar-refractivity contribution in [2.75, 3.05) is 26.2 Å². The van der Waals surface area contributed by atoms with Crippen molar-refractivity contribution in [1.82, 2.24) is 9.80 Å². The van der Waals surface area contributed by atoms with Gasteiger partial charge < -0.3 is 0 Å². The van der Waals surface area contributed by atoms with Crippen molar-refractivity contribution >= 4 is 5.78 Å². The van der Waals surface area contributed by atoms with Gasteiger partial charge in [-0.25, -0.2) is 0 Å². The SMILES string of the molecule is CC(=O)c1cccc(CN2CC[C@@]3(CCCN(Cc4cccc(C)c4)C3)C2)c1. The fourth-order valence-corrected chi connectivity index (χ4v) is 5.16. The quantitative estimate of drug-likeness (QED) is 0.708. The van der Waals surface area contributed by atoms with Crippen molar-refractivity contribution in [3.8, 4) is 0 Å². The Kier molecular flexibility index (Phi) is 5.65. The standard InChI is InChI=1S/C25H32N2O/c1-20-6-3-7-22(14-20)16-26-12-5-10-25(18-26)11-13-27(19-25)17-23-8-4-9-24(15-23)21(2)28/h3-4,6-9,14-15H,5,10-13,16-19H2,1-2H3/t25-/m1/s1. The highest BCUT2D eigenvalue weighted by Gasteiger charge is 2.41. The van der Waals surface area contributed by atoms with Crippen LogP contribution in [0.5, 0.6) is 0 Å². The molecule has 2 fully saturated rings. The number of benzene rings is 2. The molecule has 1 atom stereocenters. The third kappa shape index (κ3) is 4.53. The normalized spacial score (nSPS) is 23.4. The van der Waals surface area contributed by atoms with Crippen molar-refractivity contribution in [2.24, 2.45) is 5.41 Å². The second kappa shape index (κ2) is 8.18. The molecular formula is C25H32N2O. The first-order valence-corrected chi connectivity index (χ1v) is 10.6. The van der Waals surface area contributed by atoms with Gasteiger partial charge in [0.1, 0.15) is 0 Å². The predicted octanol–water partition coefficient (Wildman–Crippen LogP) is 4.69. The number of likely N-dealkylation sites (tertiary alicyclic amines) is 2. The Labute approximate surface area is 169 Å². The van der Waals surface area contributed by atoms with Gasteiger partial charge in [-0.15, -0.1) is 0 Å². The molecule has 4 rings (SSSR count). The predicted molar refractivity (Wildman–Crippen MR) is 114 cm³/mol. The van der Waals surface area contributed by atoms with E-state index < -0.39 is 0 Å². The molecule has 0 unspecified atom stereocenters. The van der Waals surface area contributed by atoms with Gasteiger partial charge in [0.15, 0.2) is 5.78 Å². The molecule has 2 aliphatic rings. The fourth-order valence-electron chi connectivity index (χ4n) is 5.16. The van der Waals surface area contributed by atoms with Crippen LogP contribution >= 0.6 is 0 Å². The summed E-state index contributed by atoms with van der Waals surface area (Å²) in [5, 5.41) is 0. The van der Waals surface area contributed by atoms with E-state index in [1.807, 2.05) is 12.1 Å². The molecule has 0 bridgehead atoms. The summed E-state index contributed by atoms with van der Waals surface area (Å²) < 4.78 is 0. The molecule has 3 nitrogen and oxygen atoms in total. The second-order valence-electron chi connectivity index (χ2n) is 9.02. The first-order chi connectivity index (χ1) is 13.5. The van der Waals surface area contributed by atoms with Crippen molar-refractivity contribution in [3.05, 3.63) is 70.8 Å². The van der Waals surface area contributed by atoms with E-state index in [0.29, 0.717) is 5.41 Å². The molecule has 2 saturated heterocycles. The van der Waals surface area contributed by atoms with Crippen LogP contribution < -0.4 is 0 Å². The van der Waals surface area contributed by atoms with Crippen molar-refractivity contribution in [3.63, 3.8) is 0 Å². The number of hydrogen-bond acceptors (Lipinski definition) is 3. The van der Waals surface area contributed by atoms with Crippen molar-refractivity contribution in [1.29, 1.82) is 0 Å². The summed E-state index contributed by atoms with van der Waals surface area (Å²) in [6.45, 7) is 10.6. The Balaban J connectivity index is 1.38. The largest absolute Gasteiger partial charge is 0.298 e. The molecule has 28 heavy (non-hydrogen) atoms. The zero-order valence-corrected chi connectivity index (χ0v) is 17.3. The van der Waals surface area contributed by atoms with Crippen LogP contribution in [-0.2, 0) is 13.1 Å². The van der Waals surface area contributed by atoms with E-state index in [1.165, 1.54) is 62.1 Å². The highest BCUT2D eigenvalue weighted by Crippen LogP contribution is 2.39. The highest BCUT2D eigenvalue weighted by molar-refractivity contribution is 5.94. The zero-order chi connectivity index (χ0) is 19.6. The summed E-state index contributed by atoms with van der Waals surface area (Å²) in [7, 11) is 0. The van der Waals surface area contributed by atoms with Gasteiger partial charge in [-0.3, -0.25) is 14.6 Å². The molecule has 0 aliphatic carbocycles. The number of hydrogen-bond donors (Lipinski definition) is 0. The third-order valence-electron chi connectivity index (χ3n) is 6.49. The summed E-state index contributed by atoms with van der Waals surface area (Å²) in [6.07, 6.45) is 3.95. The Morgan fingerprint density at radius 2 is 1.61 bits per heavy atom. The minimum absolute atomic E-state index is 0.152. The zero-order valence-electron chi connectivity index (χ0n) is 17.3. The number of carbonyl (C=O) groups excluding carboxylic acids is 1. The Morgan fingerprint density at radius 1 is 0.929 bits per heavy atom. The molecule has 2 aromatic carbocycles. The number of carbonyl (C=O) groups is 1. The van der Waals surface area contributed by atoms with Gasteiger partial charge in [0, 0.05) is 31.7 Å². The number of ketones is 1. The van der Waals surface area contributed by atoms with Crippen LogP contribution in [-0.4, -0.2) is 41.8 Å². The summed E-state index contributed by atoms with van der Waals surface area (Å²) in [4.78, 5) is 16.9. The van der Waals surface area contributed by atoms with E-state index in [9.17, 15) is 4.79 Å². The molecule has 3 heteroatoms. The Bertz CT molecular complexity index is 846. The van der Waals surface area contributed by atoms with Gasteiger partial charge in [0.05, 0.1) is 0 Å². The number of aryl methyl sites for hydroxylation is 1. The lowest BCUT2D eigenvalue weighted by atomic mass is 9.79. The average Bonchev–Trinajstić information content (AvgIpc) is 3.03. The number of rotatable bonds is 5. The van der Waals surface area contributed by atoms with Gasteiger partial charge in [-0.2, -0.15) is 0 Å². The number of piperidine rings is 1. The maximum absolute atomic E-state index is 11.7. The van der Waals surface area contributed by atoms with E-state index in [1.54, 1.807) is 6.92 Å². The van der Waals surface area contributed by atoms with Crippen molar-refractivity contribution in [2.45, 2.75) is 46.2 Å². The summed E-state index contributed by atoms with van der Waals surface area (Å²) in [5.74, 6) is 0.152. The van der Waals surface area contributed by atoms with Crippen LogP contribution in [0.2, 0.25) is 0 Å². The van der Waals surface area contributed by atoms with Crippen molar-refractivity contribution < 1.29 is 4.79 Å². The minimum Gasteiger partial charge on any atom is -0.298 e. The van der Waals surface area contributed by atoms with Gasteiger partial charge in [-0.05, 0) is 68.8 Å². The maximum Gasteiger partial charge on any atom is 0.159 e. The molecule has 2 aliphatic heterocycles. The van der Waals surface area contributed by atoms with Crippen LogP contribution in [0.25, 0.3) is 0 Å². The first kappa shape index (κ1) is 19.4. The van der Waals surface area contributed by atoms with E-state index in [2.05, 4.69) is 53.1 Å². The molecule has 1 spiro atoms. The average molecular weight is 377 g/mol. The van der Waals surface area contributed by atoms with Crippen LogP contribution in [0.15, 0.2) is 48.5 Å². The minimum atomic E-state index is 0.152. The lowest BCUT2D eigenvalue weighted by Gasteiger charge is -2.40. The maximum atomic E-state index is 11.7. The molecule has 0 radical (unpaired) electrons. The lowest BCUT2D eigenvalue weighted by molar-refractivity contribution is 0.0866. The Hall–Kier alpha value is -1.97. The number of Topliss-reactive ketones (excluding diaryl/α,β-unsaturated/α-hetero) is 1. The molecule has 0 saturated carbocycles. The summed E-state index contributed by atoms with van der Waals surface area (Å²) in [5.41, 5.74) is 5.32. The summed E-state index contributed by atoms with van der Waals surface area (Å²) >= 11 is 0. The van der Waals surface area contributed by atoms with Crippen LogP contribution in [0.1, 0.15) is 53.2 Å². The lowest BCUT2D eigenvalue weighted by Crippen LogP contribution is -2.44. The summed E-state index contributed by atoms with van der Waals surface area (Å²) in [6, 6.07) is 17.1. The molecule has 148 valence electrons. The van der Waals surface area contributed by atoms with Crippen LogP contribution in [0.3, 0.4) is 0 Å². The van der Waals surface area contributed by atoms with Gasteiger partial charge >= 0.3 is 0 Å². The van der Waals surface area contributed by atoms with E-state index in [4.69, 9.17) is 0 Å². The Morgan fingerprint density at radius 3 is 2.32 bits per heavy atom. The molecule has 0 amide bonds. The third-order valence-corrected chi connectivity index (χ3v) is 6.49. The van der Waals surface area contributed by atoms with Gasteiger partial charge in [0.2, 0.25) is 0 Å². The molecule has 2 heterocycles. The van der Waals surface area contributed by atoms with E-state index in [0.717, 1.165) is 18.7 Å². The second-order valence-corrected chi connectivity index (χ2v) is 9.02. The number of nitrogens with zero attached hydrogens (tertiary/aromatic N) is 2. The highest BCUT2D eigenvalue weighted by atomic mass is 16.1. The van der Waals surface area contributed by atoms with Gasteiger partial charge in [-0.1, -0.05) is 48.0 Å². The molecule has 2 aromatic rings. The van der Waals surface area contributed by atoms with Crippen LogP contribution in [0.4, 0.5) is 0 Å². The fraction of sp³-hybridized carbons (Fsp3) is 0.480. The molecular weight excluding hydrogens is 344 g/mol. The van der Waals surface area contributed by atoms with Crippen LogP contribution in [0, 0.1) is 12.3 Å². The first-order valence-electron chi connectivity index (χ1n) is 10.6. The monoisotopic (exact) mass is 376 g/mol. The van der Waals surface area contributed by atoms with E-state index >= 15 is 0 Å². The topological polar surface area (TPSA) is 23.6 Å². The van der Waals surface area contributed by atoms with E-state index in [-0.39, 0.29) is 5.78 Å². The van der Waals surface area contributed by atoms with Gasteiger partial charge in [0.25, 0.3) is 0 Å². The molecule has 0 N–H and O–H groups in total. The smallest absolute Gasteiger partial charge is 0.159 e. The molecule has 0 aromatic heterocycles.